The van der Waals surface area contributed by atoms with Gasteiger partial charge in [-0.15, -0.1) is 0 Å². The number of carbonyl (C=O) groups is 1. The van der Waals surface area contributed by atoms with E-state index in [0.717, 1.165) is 6.26 Å². The van der Waals surface area contributed by atoms with Crippen molar-refractivity contribution < 1.29 is 32.2 Å². The topological polar surface area (TPSA) is 88.1 Å². The number of ether oxygens (including phenoxy) is 4. The molecule has 0 bridgehead atoms. The van der Waals surface area contributed by atoms with Gasteiger partial charge < -0.3 is 18.9 Å². The van der Waals surface area contributed by atoms with Crippen LogP contribution in [0.2, 0.25) is 5.02 Å². The maximum Gasteiger partial charge on any atom is 0.344 e. The summed E-state index contributed by atoms with van der Waals surface area (Å²) in [6.07, 6.45) is 2.81. The van der Waals surface area contributed by atoms with Gasteiger partial charge in [-0.25, -0.2) is 13.2 Å². The second-order valence-electron chi connectivity index (χ2n) is 7.88. The van der Waals surface area contributed by atoms with Gasteiger partial charge >= 0.3 is 5.97 Å². The van der Waals surface area contributed by atoms with Crippen LogP contribution in [0.4, 0.5) is 0 Å². The highest BCUT2D eigenvalue weighted by atomic mass is 35.5. The molecule has 3 aromatic rings. The van der Waals surface area contributed by atoms with Crippen LogP contribution in [-0.2, 0) is 19.4 Å². The predicted molar refractivity (Wildman–Crippen MR) is 138 cm³/mol. The van der Waals surface area contributed by atoms with Gasteiger partial charge in [0.15, 0.2) is 21.3 Å². The van der Waals surface area contributed by atoms with Crippen molar-refractivity contribution in [3.05, 3.63) is 88.1 Å². The average Bonchev–Trinajstić information content (AvgIpc) is 3.18. The summed E-state index contributed by atoms with van der Waals surface area (Å²) in [5.74, 6) is 0.972. The molecule has 4 rings (SSSR count). The van der Waals surface area contributed by atoms with E-state index in [1.807, 2.05) is 0 Å². The maximum absolute atomic E-state index is 13.1. The normalized spacial score (nSPS) is 14.7. The van der Waals surface area contributed by atoms with Crippen molar-refractivity contribution in [1.82, 2.24) is 0 Å². The molecule has 1 aliphatic heterocycles. The van der Waals surface area contributed by atoms with Crippen LogP contribution < -0.4 is 14.2 Å². The first kappa shape index (κ1) is 25.3. The molecule has 7 nitrogen and oxygen atoms in total. The molecule has 0 aliphatic carbocycles. The molecule has 0 unspecified atom stereocenters. The fraction of sp³-hybridized carbons (Fsp3) is 0.148. The summed E-state index contributed by atoms with van der Waals surface area (Å²) in [7, 11) is 1.12. The molecule has 0 atom stereocenters. The number of esters is 1. The van der Waals surface area contributed by atoms with E-state index in [0.29, 0.717) is 44.5 Å². The molecule has 0 saturated heterocycles. The third-order valence-corrected chi connectivity index (χ3v) is 7.06. The Labute approximate surface area is 214 Å². The van der Waals surface area contributed by atoms with Gasteiger partial charge in [0.2, 0.25) is 5.75 Å². The summed E-state index contributed by atoms with van der Waals surface area (Å²) in [6.45, 7) is 0. The number of carbonyl (C=O) groups excluding carboxylic acids is 1. The van der Waals surface area contributed by atoms with Gasteiger partial charge in [0.1, 0.15) is 5.76 Å². The van der Waals surface area contributed by atoms with Gasteiger partial charge in [-0.2, -0.15) is 0 Å². The molecule has 0 N–H and O–H groups in total. The minimum atomic E-state index is -3.40. The van der Waals surface area contributed by atoms with Gasteiger partial charge in [-0.3, -0.25) is 0 Å². The Morgan fingerprint density at radius 1 is 0.861 bits per heavy atom. The van der Waals surface area contributed by atoms with Crippen LogP contribution in [0.5, 0.6) is 17.2 Å². The van der Waals surface area contributed by atoms with E-state index in [4.69, 9.17) is 30.5 Å². The van der Waals surface area contributed by atoms with Crippen molar-refractivity contribution in [3.8, 4) is 17.2 Å². The molecule has 0 fully saturated rings. The average molecular weight is 527 g/mol. The quantitative estimate of drug-likeness (QED) is 0.387. The lowest BCUT2D eigenvalue weighted by Gasteiger charge is -2.13. The Morgan fingerprint density at radius 3 is 2.00 bits per heavy atom. The van der Waals surface area contributed by atoms with Crippen molar-refractivity contribution in [2.45, 2.75) is 4.90 Å². The van der Waals surface area contributed by atoms with E-state index < -0.39 is 15.8 Å². The van der Waals surface area contributed by atoms with E-state index in [9.17, 15) is 13.2 Å². The highest BCUT2D eigenvalue weighted by molar-refractivity contribution is 7.90. The van der Waals surface area contributed by atoms with E-state index >= 15 is 0 Å². The van der Waals surface area contributed by atoms with Crippen LogP contribution in [0, 0.1) is 0 Å². The zero-order valence-electron chi connectivity index (χ0n) is 20.0. The molecule has 0 amide bonds. The van der Waals surface area contributed by atoms with Gasteiger partial charge in [-0.1, -0.05) is 41.9 Å². The first-order valence-electron chi connectivity index (χ1n) is 10.7. The zero-order valence-corrected chi connectivity index (χ0v) is 21.6. The SMILES string of the molecule is COc1cc(/C=C2\OC(=O)C(c3ccccc3Cl)=C2c2ccc(S(C)(=O)=O)cc2)cc(OC)c1OC. The van der Waals surface area contributed by atoms with Crippen LogP contribution in [-0.4, -0.2) is 42.0 Å². The van der Waals surface area contributed by atoms with Crippen LogP contribution in [0.15, 0.2) is 71.3 Å². The largest absolute Gasteiger partial charge is 0.493 e. The highest BCUT2D eigenvalue weighted by Crippen LogP contribution is 2.44. The number of benzene rings is 3. The minimum Gasteiger partial charge on any atom is -0.493 e. The fourth-order valence-electron chi connectivity index (χ4n) is 3.93. The van der Waals surface area contributed by atoms with Crippen molar-refractivity contribution >= 4 is 44.6 Å². The molecule has 1 aliphatic rings. The van der Waals surface area contributed by atoms with Crippen molar-refractivity contribution in [1.29, 1.82) is 0 Å². The summed E-state index contributed by atoms with van der Waals surface area (Å²) in [6, 6.07) is 16.6. The lowest BCUT2D eigenvalue weighted by atomic mass is 9.94. The second-order valence-corrected chi connectivity index (χ2v) is 10.3. The first-order chi connectivity index (χ1) is 17.2. The molecule has 0 spiro atoms. The lowest BCUT2D eigenvalue weighted by Crippen LogP contribution is -1.99. The summed E-state index contributed by atoms with van der Waals surface area (Å²) >= 11 is 6.44. The zero-order chi connectivity index (χ0) is 26.0. The van der Waals surface area contributed by atoms with Crippen LogP contribution in [0.25, 0.3) is 17.2 Å². The molecule has 0 aromatic heterocycles. The standard InChI is InChI=1S/C27H23ClO7S/c1-32-22-14-16(15-23(33-2)26(22)34-3)13-21-24(17-9-11-18(12-10-17)36(4,30)31)25(27(29)35-21)19-7-5-6-8-20(19)28/h5-15H,1-4H3/b21-13-. The van der Waals surface area contributed by atoms with Gasteiger partial charge in [0.25, 0.3) is 0 Å². The maximum atomic E-state index is 13.1. The van der Waals surface area contributed by atoms with Crippen molar-refractivity contribution in [3.63, 3.8) is 0 Å². The Kier molecular flexibility index (Phi) is 7.10. The molecule has 3 aromatic carbocycles. The molecule has 36 heavy (non-hydrogen) atoms. The molecule has 1 heterocycles. The van der Waals surface area contributed by atoms with Crippen LogP contribution >= 0.6 is 11.6 Å². The Hall–Kier alpha value is -3.75. The van der Waals surface area contributed by atoms with E-state index in [1.54, 1.807) is 54.6 Å². The number of methoxy groups -OCH3 is 3. The molecular weight excluding hydrogens is 504 g/mol. The lowest BCUT2D eigenvalue weighted by molar-refractivity contribution is -0.131. The number of hydrogen-bond acceptors (Lipinski definition) is 7. The van der Waals surface area contributed by atoms with Crippen LogP contribution in [0.3, 0.4) is 0 Å². The molecule has 186 valence electrons. The van der Waals surface area contributed by atoms with Crippen LogP contribution in [0.1, 0.15) is 16.7 Å². The van der Waals surface area contributed by atoms with Gasteiger partial charge in [0.05, 0.1) is 31.8 Å². The molecule has 9 heteroatoms. The Balaban J connectivity index is 1.96. The smallest absolute Gasteiger partial charge is 0.344 e. The van der Waals surface area contributed by atoms with Gasteiger partial charge in [-0.05, 0) is 47.5 Å². The number of halogens is 1. The van der Waals surface area contributed by atoms with Crippen molar-refractivity contribution in [2.24, 2.45) is 0 Å². The second kappa shape index (κ2) is 10.1. The third kappa shape index (κ3) is 4.82. The Morgan fingerprint density at radius 2 is 1.47 bits per heavy atom. The first-order valence-corrected chi connectivity index (χ1v) is 13.0. The number of sulfone groups is 1. The highest BCUT2D eigenvalue weighted by Gasteiger charge is 2.33. The number of rotatable bonds is 7. The summed E-state index contributed by atoms with van der Waals surface area (Å²) in [5, 5.41) is 0.378. The summed E-state index contributed by atoms with van der Waals surface area (Å²) in [4.78, 5) is 13.3. The predicted octanol–water partition coefficient (Wildman–Crippen LogP) is 5.28. The Bertz CT molecular complexity index is 1480. The third-order valence-electron chi connectivity index (χ3n) is 5.60. The van der Waals surface area contributed by atoms with Crippen molar-refractivity contribution in [2.75, 3.05) is 27.6 Å². The van der Waals surface area contributed by atoms with E-state index in [2.05, 4.69) is 0 Å². The number of hydrogen-bond donors (Lipinski definition) is 0. The minimum absolute atomic E-state index is 0.159. The van der Waals surface area contributed by atoms with Gasteiger partial charge in [0, 0.05) is 22.4 Å². The molecule has 0 radical (unpaired) electrons. The summed E-state index contributed by atoms with van der Waals surface area (Å²) in [5.41, 5.74) is 2.45. The summed E-state index contributed by atoms with van der Waals surface area (Å²) < 4.78 is 45.9. The van der Waals surface area contributed by atoms with E-state index in [1.165, 1.54) is 33.5 Å². The fourth-order valence-corrected chi connectivity index (χ4v) is 4.79. The molecule has 0 saturated carbocycles. The number of allylic oxidation sites excluding steroid dienone is 1. The van der Waals surface area contributed by atoms with E-state index in [-0.39, 0.29) is 16.2 Å². The number of cyclic esters (lactones) is 1. The monoisotopic (exact) mass is 526 g/mol. The molecular formula is C27H23ClO7S.